The van der Waals surface area contributed by atoms with Crippen molar-refractivity contribution in [3.63, 3.8) is 0 Å². The average Bonchev–Trinajstić information content (AvgIpc) is 2.40. The van der Waals surface area contributed by atoms with Gasteiger partial charge in [0.2, 0.25) is 5.91 Å². The largest absolute Gasteiger partial charge is 0.350 e. The second-order valence-corrected chi connectivity index (χ2v) is 4.86. The molecule has 1 heterocycles. The summed E-state index contributed by atoms with van der Waals surface area (Å²) in [5.41, 5.74) is 1.03. The molecule has 1 aromatic rings. The molecule has 1 aliphatic heterocycles. The van der Waals surface area contributed by atoms with Crippen molar-refractivity contribution in [2.45, 2.75) is 38.0 Å². The van der Waals surface area contributed by atoms with Gasteiger partial charge in [-0.1, -0.05) is 43.2 Å². The quantitative estimate of drug-likeness (QED) is 0.806. The van der Waals surface area contributed by atoms with Gasteiger partial charge in [0.1, 0.15) is 0 Å². The van der Waals surface area contributed by atoms with Crippen molar-refractivity contribution in [1.82, 2.24) is 5.32 Å². The SMILES string of the molecule is O=C1NC(c2ccccc2)OC2CCCCC12. The van der Waals surface area contributed by atoms with Gasteiger partial charge in [-0.15, -0.1) is 0 Å². The lowest BCUT2D eigenvalue weighted by Crippen LogP contribution is -2.49. The molecule has 3 unspecified atom stereocenters. The number of carbonyl (C=O) groups is 1. The maximum atomic E-state index is 12.0. The molecule has 0 radical (unpaired) electrons. The Labute approximate surface area is 101 Å². The Morgan fingerprint density at radius 2 is 1.88 bits per heavy atom. The Morgan fingerprint density at radius 3 is 2.71 bits per heavy atom. The molecule has 1 aromatic carbocycles. The van der Waals surface area contributed by atoms with Gasteiger partial charge in [-0.25, -0.2) is 0 Å². The number of carbonyl (C=O) groups excluding carboxylic acids is 1. The van der Waals surface area contributed by atoms with E-state index in [1.165, 1.54) is 6.42 Å². The topological polar surface area (TPSA) is 38.3 Å². The number of hydrogen-bond acceptors (Lipinski definition) is 2. The normalized spacial score (nSPS) is 32.7. The van der Waals surface area contributed by atoms with Gasteiger partial charge < -0.3 is 10.1 Å². The van der Waals surface area contributed by atoms with Crippen LogP contribution in [0.3, 0.4) is 0 Å². The van der Waals surface area contributed by atoms with Crippen LogP contribution in [0.2, 0.25) is 0 Å². The van der Waals surface area contributed by atoms with Crippen LogP contribution in [0.15, 0.2) is 30.3 Å². The zero-order valence-corrected chi connectivity index (χ0v) is 9.76. The second kappa shape index (κ2) is 4.49. The standard InChI is InChI=1S/C14H17NO2/c16-13-11-8-4-5-9-12(11)17-14(15-13)10-6-2-1-3-7-10/h1-3,6-7,11-12,14H,4-5,8-9H2,(H,15,16). The molecular weight excluding hydrogens is 214 g/mol. The van der Waals surface area contributed by atoms with Gasteiger partial charge in [0.25, 0.3) is 0 Å². The molecule has 3 rings (SSSR count). The third kappa shape index (κ3) is 2.07. The highest BCUT2D eigenvalue weighted by molar-refractivity contribution is 5.80. The summed E-state index contributed by atoms with van der Waals surface area (Å²) in [5.74, 6) is 0.235. The zero-order valence-electron chi connectivity index (χ0n) is 9.76. The predicted octanol–water partition coefficient (Wildman–Crippen LogP) is 2.39. The van der Waals surface area contributed by atoms with E-state index in [2.05, 4.69) is 5.32 Å². The fraction of sp³-hybridized carbons (Fsp3) is 0.500. The Bertz CT molecular complexity index is 404. The highest BCUT2D eigenvalue weighted by Crippen LogP contribution is 2.34. The van der Waals surface area contributed by atoms with Crippen molar-refractivity contribution in [3.8, 4) is 0 Å². The number of hydrogen-bond donors (Lipinski definition) is 1. The number of nitrogens with one attached hydrogen (secondary N) is 1. The van der Waals surface area contributed by atoms with Gasteiger partial charge in [-0.05, 0) is 12.8 Å². The molecule has 1 saturated carbocycles. The monoisotopic (exact) mass is 231 g/mol. The molecule has 0 aromatic heterocycles. The summed E-state index contributed by atoms with van der Waals surface area (Å²) in [5, 5.41) is 2.97. The van der Waals surface area contributed by atoms with Gasteiger partial charge in [0, 0.05) is 5.56 Å². The smallest absolute Gasteiger partial charge is 0.227 e. The Hall–Kier alpha value is -1.35. The molecule has 3 heteroatoms. The van der Waals surface area contributed by atoms with E-state index in [0.717, 1.165) is 24.8 Å². The molecule has 1 saturated heterocycles. The highest BCUT2D eigenvalue weighted by atomic mass is 16.5. The van der Waals surface area contributed by atoms with Crippen molar-refractivity contribution >= 4 is 5.91 Å². The minimum atomic E-state index is -0.261. The molecule has 2 aliphatic rings. The van der Waals surface area contributed by atoms with E-state index >= 15 is 0 Å². The van der Waals surface area contributed by atoms with Crippen LogP contribution in [0.4, 0.5) is 0 Å². The Morgan fingerprint density at radius 1 is 1.12 bits per heavy atom. The molecule has 1 aliphatic carbocycles. The molecule has 0 bridgehead atoms. The zero-order chi connectivity index (χ0) is 11.7. The second-order valence-electron chi connectivity index (χ2n) is 4.86. The van der Waals surface area contributed by atoms with Crippen LogP contribution in [-0.2, 0) is 9.53 Å². The van der Waals surface area contributed by atoms with E-state index < -0.39 is 0 Å². The van der Waals surface area contributed by atoms with Crippen LogP contribution >= 0.6 is 0 Å². The first-order valence-electron chi connectivity index (χ1n) is 6.35. The minimum absolute atomic E-state index is 0.0729. The van der Waals surface area contributed by atoms with Gasteiger partial charge >= 0.3 is 0 Å². The Balaban J connectivity index is 1.79. The van der Waals surface area contributed by atoms with Crippen molar-refractivity contribution in [2.24, 2.45) is 5.92 Å². The van der Waals surface area contributed by atoms with Crippen LogP contribution in [0.25, 0.3) is 0 Å². The van der Waals surface area contributed by atoms with E-state index in [1.807, 2.05) is 30.3 Å². The van der Waals surface area contributed by atoms with Crippen LogP contribution in [-0.4, -0.2) is 12.0 Å². The molecule has 3 nitrogen and oxygen atoms in total. The number of rotatable bonds is 1. The van der Waals surface area contributed by atoms with Crippen molar-refractivity contribution in [2.75, 3.05) is 0 Å². The van der Waals surface area contributed by atoms with Gasteiger partial charge in [0.05, 0.1) is 12.0 Å². The molecule has 3 atom stereocenters. The molecular formula is C14H17NO2. The van der Waals surface area contributed by atoms with E-state index in [4.69, 9.17) is 4.74 Å². The first kappa shape index (κ1) is 10.8. The minimum Gasteiger partial charge on any atom is -0.350 e. The summed E-state index contributed by atoms with van der Waals surface area (Å²) in [6.07, 6.45) is 4.16. The van der Waals surface area contributed by atoms with E-state index in [9.17, 15) is 4.79 Å². The lowest BCUT2D eigenvalue weighted by atomic mass is 9.84. The van der Waals surface area contributed by atoms with Crippen molar-refractivity contribution in [3.05, 3.63) is 35.9 Å². The van der Waals surface area contributed by atoms with Crippen LogP contribution in [0.1, 0.15) is 37.5 Å². The van der Waals surface area contributed by atoms with Gasteiger partial charge in [0.15, 0.2) is 6.23 Å². The Kier molecular flexibility index (Phi) is 2.85. The number of fused-ring (bicyclic) bond motifs is 1. The average molecular weight is 231 g/mol. The fourth-order valence-electron chi connectivity index (χ4n) is 2.79. The third-order valence-electron chi connectivity index (χ3n) is 3.73. The summed E-state index contributed by atoms with van der Waals surface area (Å²) in [6.45, 7) is 0. The highest BCUT2D eigenvalue weighted by Gasteiger charge is 2.38. The summed E-state index contributed by atoms with van der Waals surface area (Å²) in [4.78, 5) is 12.0. The predicted molar refractivity (Wildman–Crippen MR) is 64.2 cm³/mol. The summed E-state index contributed by atoms with van der Waals surface area (Å²) < 4.78 is 6.01. The molecule has 0 spiro atoms. The number of ether oxygens (including phenoxy) is 1. The summed E-state index contributed by atoms with van der Waals surface area (Å²) in [6, 6.07) is 9.90. The van der Waals surface area contributed by atoms with Crippen molar-refractivity contribution in [1.29, 1.82) is 0 Å². The van der Waals surface area contributed by atoms with E-state index in [0.29, 0.717) is 0 Å². The maximum Gasteiger partial charge on any atom is 0.227 e. The lowest BCUT2D eigenvalue weighted by Gasteiger charge is -2.39. The molecule has 1 amide bonds. The van der Waals surface area contributed by atoms with Gasteiger partial charge in [-0.2, -0.15) is 0 Å². The molecule has 1 N–H and O–H groups in total. The summed E-state index contributed by atoms with van der Waals surface area (Å²) >= 11 is 0. The van der Waals surface area contributed by atoms with Gasteiger partial charge in [-0.3, -0.25) is 4.79 Å². The van der Waals surface area contributed by atoms with Crippen molar-refractivity contribution < 1.29 is 9.53 Å². The van der Waals surface area contributed by atoms with E-state index in [-0.39, 0.29) is 24.2 Å². The lowest BCUT2D eigenvalue weighted by molar-refractivity contribution is -0.159. The maximum absolute atomic E-state index is 12.0. The molecule has 2 fully saturated rings. The first-order chi connectivity index (χ1) is 8.34. The van der Waals surface area contributed by atoms with Crippen LogP contribution in [0, 0.1) is 5.92 Å². The van der Waals surface area contributed by atoms with Crippen LogP contribution < -0.4 is 5.32 Å². The fourth-order valence-corrected chi connectivity index (χ4v) is 2.79. The summed E-state index contributed by atoms with van der Waals surface area (Å²) in [7, 11) is 0. The molecule has 17 heavy (non-hydrogen) atoms. The first-order valence-corrected chi connectivity index (χ1v) is 6.35. The van der Waals surface area contributed by atoms with Crippen LogP contribution in [0.5, 0.6) is 0 Å². The number of amides is 1. The third-order valence-corrected chi connectivity index (χ3v) is 3.73. The van der Waals surface area contributed by atoms with E-state index in [1.54, 1.807) is 0 Å². The number of benzene rings is 1. The molecule has 90 valence electrons.